The average Bonchev–Trinajstić information content (AvgIpc) is 2.76. The van der Waals surface area contributed by atoms with Crippen LogP contribution in [0.3, 0.4) is 0 Å². The van der Waals surface area contributed by atoms with E-state index < -0.39 is 0 Å². The van der Waals surface area contributed by atoms with E-state index in [1.807, 2.05) is 43.5 Å². The van der Waals surface area contributed by atoms with Gasteiger partial charge in [-0.25, -0.2) is 0 Å². The molecule has 0 radical (unpaired) electrons. The summed E-state index contributed by atoms with van der Waals surface area (Å²) in [5, 5.41) is 4.86. The highest BCUT2D eigenvalue weighted by molar-refractivity contribution is 9.10. The molecule has 0 bridgehead atoms. The van der Waals surface area contributed by atoms with Gasteiger partial charge in [-0.05, 0) is 48.6 Å². The molecule has 4 heteroatoms. The smallest absolute Gasteiger partial charge is 0.265 e. The third-order valence-electron chi connectivity index (χ3n) is 2.48. The van der Waals surface area contributed by atoms with Crippen LogP contribution >= 0.6 is 27.3 Å². The molecule has 0 aliphatic carbocycles. The molecular weight excluding hydrogens is 298 g/mol. The number of carbonyl (C=O) groups is 1. The van der Waals surface area contributed by atoms with Gasteiger partial charge in [-0.2, -0.15) is 0 Å². The van der Waals surface area contributed by atoms with Gasteiger partial charge >= 0.3 is 0 Å². The monoisotopic (exact) mass is 309 g/mol. The molecule has 0 aliphatic rings. The van der Waals surface area contributed by atoms with Crippen LogP contribution in [0.15, 0.2) is 34.1 Å². The second-order valence-corrected chi connectivity index (χ2v) is 5.71. The summed E-state index contributed by atoms with van der Waals surface area (Å²) in [6.45, 7) is 3.98. The van der Waals surface area contributed by atoms with Gasteiger partial charge in [-0.3, -0.25) is 4.79 Å². The second-order valence-electron chi connectivity index (χ2n) is 3.85. The average molecular weight is 310 g/mol. The van der Waals surface area contributed by atoms with E-state index >= 15 is 0 Å². The number of amides is 1. The molecule has 1 N–H and O–H groups in total. The number of hydrogen-bond donors (Lipinski definition) is 1. The fourth-order valence-electron chi connectivity index (χ4n) is 1.69. The molecule has 2 nitrogen and oxygen atoms in total. The van der Waals surface area contributed by atoms with Crippen molar-refractivity contribution in [3.63, 3.8) is 0 Å². The van der Waals surface area contributed by atoms with Gasteiger partial charge in [0.25, 0.3) is 5.91 Å². The van der Waals surface area contributed by atoms with Gasteiger partial charge in [0, 0.05) is 10.2 Å². The minimum atomic E-state index is -0.0477. The Hall–Kier alpha value is -1.13. The van der Waals surface area contributed by atoms with Gasteiger partial charge in [0.2, 0.25) is 0 Å². The maximum Gasteiger partial charge on any atom is 0.265 e. The molecular formula is C13H12BrNOS. The Morgan fingerprint density at radius 3 is 2.47 bits per heavy atom. The summed E-state index contributed by atoms with van der Waals surface area (Å²) in [4.78, 5) is 12.7. The van der Waals surface area contributed by atoms with Gasteiger partial charge in [0.1, 0.15) is 0 Å². The van der Waals surface area contributed by atoms with Crippen LogP contribution in [0, 0.1) is 13.8 Å². The summed E-state index contributed by atoms with van der Waals surface area (Å²) in [5.41, 5.74) is 3.01. The fourth-order valence-corrected chi connectivity index (χ4v) is 3.00. The van der Waals surface area contributed by atoms with Gasteiger partial charge in [-0.15, -0.1) is 11.3 Å². The first-order valence-electron chi connectivity index (χ1n) is 5.19. The number of thiophene rings is 1. The van der Waals surface area contributed by atoms with Crippen LogP contribution in [-0.4, -0.2) is 5.91 Å². The molecule has 2 rings (SSSR count). The quantitative estimate of drug-likeness (QED) is 0.876. The van der Waals surface area contributed by atoms with E-state index in [1.165, 1.54) is 11.3 Å². The highest BCUT2D eigenvalue weighted by Gasteiger charge is 2.10. The molecule has 0 aliphatic heterocycles. The first-order chi connectivity index (χ1) is 8.08. The molecule has 0 atom stereocenters. The highest BCUT2D eigenvalue weighted by Crippen LogP contribution is 2.25. The summed E-state index contributed by atoms with van der Waals surface area (Å²) in [6, 6.07) is 7.69. The number of benzene rings is 1. The topological polar surface area (TPSA) is 29.1 Å². The number of anilines is 1. The molecule has 1 amide bonds. The van der Waals surface area contributed by atoms with Crippen molar-refractivity contribution >= 4 is 38.9 Å². The van der Waals surface area contributed by atoms with Crippen LogP contribution in [0.4, 0.5) is 5.69 Å². The Bertz CT molecular complexity index is 526. The standard InChI is InChI=1S/C13H12BrNOS/c1-8-6-10(14)7-9(2)12(8)15-13(16)11-4-3-5-17-11/h3-7H,1-2H3,(H,15,16). The van der Waals surface area contributed by atoms with Gasteiger partial charge in [0.05, 0.1) is 4.88 Å². The molecule has 1 aromatic carbocycles. The minimum Gasteiger partial charge on any atom is -0.321 e. The third-order valence-corrected chi connectivity index (χ3v) is 3.81. The molecule has 0 spiro atoms. The number of halogens is 1. The second kappa shape index (κ2) is 5.02. The third kappa shape index (κ3) is 2.76. The molecule has 88 valence electrons. The summed E-state index contributed by atoms with van der Waals surface area (Å²) in [6.07, 6.45) is 0. The predicted octanol–water partition coefficient (Wildman–Crippen LogP) is 4.38. The largest absolute Gasteiger partial charge is 0.321 e. The Balaban J connectivity index is 2.28. The van der Waals surface area contributed by atoms with Crippen molar-refractivity contribution in [3.8, 4) is 0 Å². The summed E-state index contributed by atoms with van der Waals surface area (Å²) in [7, 11) is 0. The van der Waals surface area contributed by atoms with Crippen molar-refractivity contribution in [3.05, 3.63) is 50.1 Å². The minimum absolute atomic E-state index is 0.0477. The summed E-state index contributed by atoms with van der Waals surface area (Å²) >= 11 is 4.89. The van der Waals surface area contributed by atoms with Crippen molar-refractivity contribution in [2.24, 2.45) is 0 Å². The number of aryl methyl sites for hydroxylation is 2. The Kier molecular flexibility index (Phi) is 3.64. The molecule has 1 aromatic heterocycles. The van der Waals surface area contributed by atoms with Crippen molar-refractivity contribution in [1.29, 1.82) is 0 Å². The van der Waals surface area contributed by atoms with Crippen LogP contribution in [0.5, 0.6) is 0 Å². The molecule has 1 heterocycles. The molecule has 2 aromatic rings. The van der Waals surface area contributed by atoms with E-state index in [-0.39, 0.29) is 5.91 Å². The number of hydrogen-bond acceptors (Lipinski definition) is 2. The zero-order valence-electron chi connectivity index (χ0n) is 9.58. The van der Waals surface area contributed by atoms with E-state index in [1.54, 1.807) is 0 Å². The highest BCUT2D eigenvalue weighted by atomic mass is 79.9. The predicted molar refractivity (Wildman–Crippen MR) is 75.9 cm³/mol. The van der Waals surface area contributed by atoms with E-state index in [0.29, 0.717) is 0 Å². The Morgan fingerprint density at radius 1 is 1.29 bits per heavy atom. The van der Waals surface area contributed by atoms with E-state index in [9.17, 15) is 4.79 Å². The van der Waals surface area contributed by atoms with Crippen LogP contribution in [-0.2, 0) is 0 Å². The zero-order valence-corrected chi connectivity index (χ0v) is 12.0. The lowest BCUT2D eigenvalue weighted by Crippen LogP contribution is -2.12. The molecule has 0 unspecified atom stereocenters. The van der Waals surface area contributed by atoms with E-state index in [0.717, 1.165) is 26.2 Å². The number of rotatable bonds is 2. The molecule has 17 heavy (non-hydrogen) atoms. The van der Waals surface area contributed by atoms with E-state index in [2.05, 4.69) is 21.2 Å². The van der Waals surface area contributed by atoms with Crippen molar-refractivity contribution in [1.82, 2.24) is 0 Å². The van der Waals surface area contributed by atoms with Crippen molar-refractivity contribution in [2.45, 2.75) is 13.8 Å². The van der Waals surface area contributed by atoms with Crippen LogP contribution in [0.25, 0.3) is 0 Å². The first kappa shape index (κ1) is 12.3. The Morgan fingerprint density at radius 2 is 1.94 bits per heavy atom. The maximum atomic E-state index is 12.0. The molecule has 0 fully saturated rings. The summed E-state index contributed by atoms with van der Waals surface area (Å²) < 4.78 is 1.03. The normalized spacial score (nSPS) is 10.3. The van der Waals surface area contributed by atoms with Crippen molar-refractivity contribution < 1.29 is 4.79 Å². The lowest BCUT2D eigenvalue weighted by molar-refractivity contribution is 0.103. The van der Waals surface area contributed by atoms with Gasteiger partial charge < -0.3 is 5.32 Å². The molecule has 0 saturated carbocycles. The lowest BCUT2D eigenvalue weighted by Gasteiger charge is -2.11. The van der Waals surface area contributed by atoms with Gasteiger partial charge in [-0.1, -0.05) is 22.0 Å². The van der Waals surface area contributed by atoms with Gasteiger partial charge in [0.15, 0.2) is 0 Å². The first-order valence-corrected chi connectivity index (χ1v) is 6.87. The van der Waals surface area contributed by atoms with Crippen molar-refractivity contribution in [2.75, 3.05) is 5.32 Å². The van der Waals surface area contributed by atoms with Crippen LogP contribution < -0.4 is 5.32 Å². The molecule has 0 saturated heterocycles. The zero-order chi connectivity index (χ0) is 12.4. The number of nitrogens with one attached hydrogen (secondary N) is 1. The Labute approximate surface area is 113 Å². The fraction of sp³-hybridized carbons (Fsp3) is 0.154. The number of carbonyl (C=O) groups excluding carboxylic acids is 1. The van der Waals surface area contributed by atoms with E-state index in [4.69, 9.17) is 0 Å². The lowest BCUT2D eigenvalue weighted by atomic mass is 10.1. The maximum absolute atomic E-state index is 12.0. The van der Waals surface area contributed by atoms with Crippen LogP contribution in [0.1, 0.15) is 20.8 Å². The SMILES string of the molecule is Cc1cc(Br)cc(C)c1NC(=O)c1cccs1. The summed E-state index contributed by atoms with van der Waals surface area (Å²) in [5.74, 6) is -0.0477. The van der Waals surface area contributed by atoms with Crippen LogP contribution in [0.2, 0.25) is 0 Å².